The summed E-state index contributed by atoms with van der Waals surface area (Å²) in [5.74, 6) is 0. The summed E-state index contributed by atoms with van der Waals surface area (Å²) in [6.45, 7) is 5.31. The molecule has 0 aliphatic carbocycles. The van der Waals surface area contributed by atoms with Crippen LogP contribution in [0, 0.1) is 0 Å². The van der Waals surface area contributed by atoms with Gasteiger partial charge in [0.2, 0.25) is 0 Å². The predicted octanol–water partition coefficient (Wildman–Crippen LogP) is 4.05. The van der Waals surface area contributed by atoms with Crippen LogP contribution in [0.3, 0.4) is 0 Å². The number of hydrogen-bond acceptors (Lipinski definition) is 7. The maximum Gasteiger partial charge on any atom is 0.472 e. The quantitative estimate of drug-likeness (QED) is 0.171. The molecule has 0 aromatic carbocycles. The zero-order chi connectivity index (χ0) is 21.5. The lowest BCUT2D eigenvalue weighted by Gasteiger charge is -2.11. The lowest BCUT2D eigenvalue weighted by Crippen LogP contribution is -2.12. The van der Waals surface area contributed by atoms with Gasteiger partial charge in [-0.15, -0.1) is 0 Å². The molecule has 1 atom stereocenters. The minimum Gasteiger partial charge on any atom is -0.379 e. The van der Waals surface area contributed by atoms with Crippen molar-refractivity contribution in [1.29, 1.82) is 0 Å². The van der Waals surface area contributed by atoms with Crippen LogP contribution in [-0.2, 0) is 27.8 Å². The Balaban J connectivity index is 3.13. The number of phosphoric acid groups is 1. The van der Waals surface area contributed by atoms with Gasteiger partial charge in [-0.2, -0.15) is 0 Å². The first-order valence-corrected chi connectivity index (χ1v) is 12.7. The molecule has 0 heterocycles. The molecule has 0 aromatic rings. The van der Waals surface area contributed by atoms with Crippen LogP contribution in [0.1, 0.15) is 71.1 Å². The number of unbranched alkanes of at least 4 members (excludes halogenated alkanes) is 9. The minimum absolute atomic E-state index is 0.0241. The first-order valence-electron chi connectivity index (χ1n) is 11.2. The van der Waals surface area contributed by atoms with Crippen molar-refractivity contribution in [2.24, 2.45) is 5.73 Å². The second-order valence-corrected chi connectivity index (χ2v) is 8.40. The van der Waals surface area contributed by atoms with E-state index >= 15 is 0 Å². The van der Waals surface area contributed by atoms with E-state index in [1.165, 1.54) is 57.8 Å². The van der Waals surface area contributed by atoms with Crippen LogP contribution in [-0.4, -0.2) is 64.3 Å². The minimum atomic E-state index is -4.01. The second kappa shape index (κ2) is 22.6. The average molecular weight is 442 g/mol. The van der Waals surface area contributed by atoms with Gasteiger partial charge in [0, 0.05) is 13.2 Å². The highest BCUT2D eigenvalue weighted by Gasteiger charge is 2.19. The first-order chi connectivity index (χ1) is 14.1. The summed E-state index contributed by atoms with van der Waals surface area (Å²) in [4.78, 5) is 9.26. The molecule has 0 saturated carbocycles. The summed E-state index contributed by atoms with van der Waals surface area (Å²) < 4.78 is 36.8. The van der Waals surface area contributed by atoms with Crippen molar-refractivity contribution >= 4 is 7.82 Å². The molecule has 0 amide bonds. The molecule has 0 rings (SSSR count). The number of phosphoric ester groups is 1. The van der Waals surface area contributed by atoms with Crippen molar-refractivity contribution in [3.05, 3.63) is 0 Å². The van der Waals surface area contributed by atoms with Crippen LogP contribution in [0.15, 0.2) is 0 Å². The normalized spacial score (nSPS) is 13.6. The molecule has 176 valence electrons. The molecule has 0 aromatic heterocycles. The van der Waals surface area contributed by atoms with Crippen molar-refractivity contribution in [2.75, 3.05) is 59.4 Å². The zero-order valence-corrected chi connectivity index (χ0v) is 19.3. The van der Waals surface area contributed by atoms with E-state index in [0.29, 0.717) is 26.4 Å². The Morgan fingerprint density at radius 2 is 1.03 bits per heavy atom. The maximum absolute atomic E-state index is 11.3. The zero-order valence-electron chi connectivity index (χ0n) is 18.4. The Labute approximate surface area is 177 Å². The van der Waals surface area contributed by atoms with Gasteiger partial charge in [-0.1, -0.05) is 64.7 Å². The standard InChI is InChI=1S/C20H44NO7P/c1-2-3-4-5-6-7-8-9-10-11-13-24-15-16-25-17-18-26-19-20-28-29(22,23)27-14-12-21/h2-21H2,1H3,(H,22,23). The van der Waals surface area contributed by atoms with E-state index in [2.05, 4.69) is 11.4 Å². The third-order valence-corrected chi connectivity index (χ3v) is 5.26. The lowest BCUT2D eigenvalue weighted by atomic mass is 10.1. The Bertz CT molecular complexity index is 375. The lowest BCUT2D eigenvalue weighted by molar-refractivity contribution is 0.00624. The molecule has 9 heteroatoms. The smallest absolute Gasteiger partial charge is 0.379 e. The number of ether oxygens (including phenoxy) is 3. The molecule has 0 aliphatic heterocycles. The molecule has 0 saturated heterocycles. The van der Waals surface area contributed by atoms with Gasteiger partial charge in [0.25, 0.3) is 0 Å². The van der Waals surface area contributed by atoms with Crippen LogP contribution in [0.4, 0.5) is 0 Å². The summed E-state index contributed by atoms with van der Waals surface area (Å²) in [7, 11) is -4.01. The summed E-state index contributed by atoms with van der Waals surface area (Å²) in [5, 5.41) is 0. The molecular weight excluding hydrogens is 397 g/mol. The van der Waals surface area contributed by atoms with E-state index in [0.717, 1.165) is 13.0 Å². The van der Waals surface area contributed by atoms with E-state index in [4.69, 9.17) is 24.5 Å². The summed E-state index contributed by atoms with van der Waals surface area (Å²) in [5.41, 5.74) is 5.18. The van der Waals surface area contributed by atoms with Crippen molar-refractivity contribution in [3.63, 3.8) is 0 Å². The number of nitrogens with two attached hydrogens (primary N) is 1. The Hall–Kier alpha value is -0.0500. The molecular formula is C20H44NO7P. The fourth-order valence-corrected chi connectivity index (χ4v) is 3.37. The van der Waals surface area contributed by atoms with E-state index in [-0.39, 0.29) is 26.4 Å². The highest BCUT2D eigenvalue weighted by Crippen LogP contribution is 2.42. The molecule has 0 radical (unpaired) electrons. The molecule has 1 unspecified atom stereocenters. The molecule has 29 heavy (non-hydrogen) atoms. The third kappa shape index (κ3) is 24.1. The van der Waals surface area contributed by atoms with Crippen molar-refractivity contribution < 1.29 is 32.7 Å². The predicted molar refractivity (Wildman–Crippen MR) is 115 cm³/mol. The molecule has 8 nitrogen and oxygen atoms in total. The molecule has 0 bridgehead atoms. The van der Waals surface area contributed by atoms with Gasteiger partial charge in [0.1, 0.15) is 0 Å². The summed E-state index contributed by atoms with van der Waals surface area (Å²) in [6, 6.07) is 0. The van der Waals surface area contributed by atoms with Gasteiger partial charge in [0.15, 0.2) is 0 Å². The van der Waals surface area contributed by atoms with Crippen LogP contribution in [0.25, 0.3) is 0 Å². The maximum atomic E-state index is 11.3. The fraction of sp³-hybridized carbons (Fsp3) is 1.00. The van der Waals surface area contributed by atoms with E-state index in [1.54, 1.807) is 0 Å². The third-order valence-electron chi connectivity index (χ3n) is 4.24. The SMILES string of the molecule is CCCCCCCCCCCCOCCOCCOCCOP(=O)(O)OCCN. The van der Waals surface area contributed by atoms with E-state index in [9.17, 15) is 9.46 Å². The van der Waals surface area contributed by atoms with Crippen molar-refractivity contribution in [1.82, 2.24) is 0 Å². The fourth-order valence-electron chi connectivity index (χ4n) is 2.65. The highest BCUT2D eigenvalue weighted by atomic mass is 31.2. The van der Waals surface area contributed by atoms with Gasteiger partial charge in [-0.3, -0.25) is 9.05 Å². The summed E-state index contributed by atoms with van der Waals surface area (Å²) >= 11 is 0. The van der Waals surface area contributed by atoms with Crippen molar-refractivity contribution in [2.45, 2.75) is 71.1 Å². The first kappa shape index (κ1) is 28.9. The second-order valence-electron chi connectivity index (χ2n) is 6.94. The summed E-state index contributed by atoms with van der Waals surface area (Å²) in [6.07, 6.45) is 13.2. The van der Waals surface area contributed by atoms with Gasteiger partial charge < -0.3 is 24.8 Å². The number of hydrogen-bond donors (Lipinski definition) is 2. The van der Waals surface area contributed by atoms with E-state index in [1.807, 2.05) is 0 Å². The van der Waals surface area contributed by atoms with Crippen LogP contribution >= 0.6 is 7.82 Å². The van der Waals surface area contributed by atoms with Gasteiger partial charge >= 0.3 is 7.82 Å². The molecule has 0 fully saturated rings. The monoisotopic (exact) mass is 441 g/mol. The topological polar surface area (TPSA) is 109 Å². The average Bonchev–Trinajstić information content (AvgIpc) is 2.71. The van der Waals surface area contributed by atoms with Gasteiger partial charge in [-0.25, -0.2) is 4.57 Å². The Kier molecular flexibility index (Phi) is 22.6. The Morgan fingerprint density at radius 1 is 0.621 bits per heavy atom. The number of rotatable bonds is 24. The van der Waals surface area contributed by atoms with Gasteiger partial charge in [0.05, 0.1) is 46.2 Å². The van der Waals surface area contributed by atoms with Crippen molar-refractivity contribution in [3.8, 4) is 0 Å². The highest BCUT2D eigenvalue weighted by molar-refractivity contribution is 7.47. The molecule has 3 N–H and O–H groups in total. The van der Waals surface area contributed by atoms with Crippen LogP contribution in [0.5, 0.6) is 0 Å². The van der Waals surface area contributed by atoms with Gasteiger partial charge in [-0.05, 0) is 6.42 Å². The Morgan fingerprint density at radius 3 is 1.55 bits per heavy atom. The van der Waals surface area contributed by atoms with Crippen LogP contribution < -0.4 is 5.73 Å². The van der Waals surface area contributed by atoms with E-state index < -0.39 is 7.82 Å². The molecule has 0 spiro atoms. The molecule has 0 aliphatic rings. The largest absolute Gasteiger partial charge is 0.472 e. The van der Waals surface area contributed by atoms with Crippen LogP contribution in [0.2, 0.25) is 0 Å².